The molecule has 0 heterocycles. The average molecular weight is 158 g/mol. The minimum atomic E-state index is -4.17. The zero-order chi connectivity index (χ0) is 5.21. The van der Waals surface area contributed by atoms with Crippen molar-refractivity contribution in [1.29, 1.82) is 0 Å². The van der Waals surface area contributed by atoms with E-state index in [-0.39, 0.29) is 11.0 Å². The van der Waals surface area contributed by atoms with Crippen molar-refractivity contribution in [1.82, 2.24) is 0 Å². The minimum absolute atomic E-state index is 0. The standard InChI is InChI=1S/Al.H3O4Si.2H2O/c;1-5(2,3)4;;/h;1-3H;2*1H2/q+1;-1;;. The molecule has 0 rings (SSSR count). The van der Waals surface area contributed by atoms with Gasteiger partial charge in [0, 0.05) is 0 Å². The fraction of sp³-hybridized carbons (Fsp3) is 0. The summed E-state index contributed by atoms with van der Waals surface area (Å²) >= 11 is 1.54. The van der Waals surface area contributed by atoms with Gasteiger partial charge in [-0.2, -0.15) is 0 Å². The fourth-order valence-electron chi connectivity index (χ4n) is 0. The van der Waals surface area contributed by atoms with Crippen molar-refractivity contribution in [2.24, 2.45) is 0 Å². The SMILES string of the molecule is O.O.O[Si](O)(O)[O][Al]. The maximum absolute atomic E-state index is 7.83. The zero-order valence-corrected chi connectivity index (χ0v) is 5.98. The predicted octanol–water partition coefficient (Wildman–Crippen LogP) is -4.15. The van der Waals surface area contributed by atoms with Crippen LogP contribution in [0.2, 0.25) is 0 Å². The normalized spacial score (nSPS) is 8.88. The van der Waals surface area contributed by atoms with Gasteiger partial charge < -0.3 is 28.8 Å². The second-order valence-electron chi connectivity index (χ2n) is 0.692. The second-order valence-corrected chi connectivity index (χ2v) is 2.78. The molecule has 50 valence electrons. The highest BCUT2D eigenvalue weighted by molar-refractivity contribution is 6.52. The van der Waals surface area contributed by atoms with Gasteiger partial charge in [0.1, 0.15) is 0 Å². The maximum Gasteiger partial charge on any atom is 0.640 e. The first-order valence-corrected chi connectivity index (χ1v) is 3.33. The van der Waals surface area contributed by atoms with Crippen LogP contribution < -0.4 is 0 Å². The van der Waals surface area contributed by atoms with Gasteiger partial charge in [0.25, 0.3) is 0 Å². The first-order valence-electron chi connectivity index (χ1n) is 1.11. The molecule has 0 bridgehead atoms. The van der Waals surface area contributed by atoms with Crippen LogP contribution in [0.5, 0.6) is 0 Å². The summed E-state index contributed by atoms with van der Waals surface area (Å²) in [6, 6.07) is 0. The van der Waals surface area contributed by atoms with E-state index in [2.05, 4.69) is 3.48 Å². The monoisotopic (exact) mass is 158 g/mol. The average Bonchev–Trinajstić information content (AvgIpc) is 1.35. The van der Waals surface area contributed by atoms with Crippen molar-refractivity contribution in [2.45, 2.75) is 0 Å². The Morgan fingerprint density at radius 1 is 1.12 bits per heavy atom. The molecule has 6 nitrogen and oxygen atoms in total. The highest BCUT2D eigenvalue weighted by Crippen LogP contribution is 1.79. The van der Waals surface area contributed by atoms with Crippen molar-refractivity contribution in [3.8, 4) is 0 Å². The van der Waals surface area contributed by atoms with E-state index in [9.17, 15) is 0 Å². The largest absolute Gasteiger partial charge is 0.640 e. The summed E-state index contributed by atoms with van der Waals surface area (Å²) in [6.45, 7) is 0. The molecule has 0 aliphatic heterocycles. The highest BCUT2D eigenvalue weighted by Gasteiger charge is 2.24. The maximum atomic E-state index is 7.83. The lowest BCUT2D eigenvalue weighted by molar-refractivity contribution is 0.134. The third-order valence-electron chi connectivity index (χ3n) is 0.158. The Hall–Kier alpha value is 0.509. The van der Waals surface area contributed by atoms with Gasteiger partial charge in [0.15, 0.2) is 0 Å². The van der Waals surface area contributed by atoms with Crippen molar-refractivity contribution < 1.29 is 28.8 Å². The van der Waals surface area contributed by atoms with E-state index < -0.39 is 9.05 Å². The number of rotatable bonds is 1. The van der Waals surface area contributed by atoms with Gasteiger partial charge in [-0.15, -0.1) is 0 Å². The van der Waals surface area contributed by atoms with E-state index in [1.54, 1.807) is 0 Å². The second kappa shape index (κ2) is 5.64. The van der Waals surface area contributed by atoms with Gasteiger partial charge in [-0.25, -0.2) is 0 Å². The molecule has 0 aromatic carbocycles. The van der Waals surface area contributed by atoms with Crippen LogP contribution in [0.25, 0.3) is 0 Å². The molecule has 0 unspecified atom stereocenters. The lowest BCUT2D eigenvalue weighted by Gasteiger charge is -2.04. The molecule has 0 spiro atoms. The predicted molar refractivity (Wildman–Crippen MR) is 26.5 cm³/mol. The summed E-state index contributed by atoms with van der Waals surface area (Å²) < 4.78 is 3.66. The lowest BCUT2D eigenvalue weighted by atomic mass is 15.7. The summed E-state index contributed by atoms with van der Waals surface area (Å²) in [7, 11) is -4.17. The van der Waals surface area contributed by atoms with Crippen molar-refractivity contribution in [3.63, 3.8) is 0 Å². The summed E-state index contributed by atoms with van der Waals surface area (Å²) in [5, 5.41) is 0. The Bertz CT molecular complexity index is 38.3. The molecule has 0 aromatic rings. The van der Waals surface area contributed by atoms with Gasteiger partial charge in [-0.1, -0.05) is 0 Å². The zero-order valence-electron chi connectivity index (χ0n) is 3.83. The molecule has 7 N–H and O–H groups in total. The Kier molecular flexibility index (Phi) is 11.2. The molecule has 8 heavy (non-hydrogen) atoms. The first-order chi connectivity index (χ1) is 2.56. The quantitative estimate of drug-likeness (QED) is 0.334. The molecule has 0 atom stereocenters. The molecule has 0 saturated heterocycles. The van der Waals surface area contributed by atoms with Crippen LogP contribution in [0.4, 0.5) is 0 Å². The molecule has 0 saturated carbocycles. The lowest BCUT2D eigenvalue weighted by Crippen LogP contribution is -2.37. The Labute approximate surface area is 55.2 Å². The van der Waals surface area contributed by atoms with E-state index in [1.165, 1.54) is 16.6 Å². The van der Waals surface area contributed by atoms with Gasteiger partial charge in [0.2, 0.25) is 0 Å². The van der Waals surface area contributed by atoms with Gasteiger partial charge >= 0.3 is 25.7 Å². The van der Waals surface area contributed by atoms with Crippen LogP contribution in [0, 0.1) is 0 Å². The highest BCUT2D eigenvalue weighted by atomic mass is 28.4. The molecule has 0 aromatic heterocycles. The third kappa shape index (κ3) is 16.0. The van der Waals surface area contributed by atoms with E-state index in [1.807, 2.05) is 0 Å². The molecule has 0 aliphatic rings. The topological polar surface area (TPSA) is 133 Å². The van der Waals surface area contributed by atoms with Gasteiger partial charge in [0.05, 0.1) is 0 Å². The summed E-state index contributed by atoms with van der Waals surface area (Å²) in [6.07, 6.45) is 0. The summed E-state index contributed by atoms with van der Waals surface area (Å²) in [4.78, 5) is 23.5. The summed E-state index contributed by atoms with van der Waals surface area (Å²) in [5.41, 5.74) is 0. The van der Waals surface area contributed by atoms with Crippen LogP contribution in [-0.2, 0) is 3.48 Å². The summed E-state index contributed by atoms with van der Waals surface area (Å²) in [5.74, 6) is 0. The fourth-order valence-corrected chi connectivity index (χ4v) is 0. The van der Waals surface area contributed by atoms with Crippen LogP contribution >= 0.6 is 0 Å². The molecule has 2 radical (unpaired) electrons. The first kappa shape index (κ1) is 15.8. The smallest absolute Gasteiger partial charge is 0.496 e. The van der Waals surface area contributed by atoms with E-state index in [0.29, 0.717) is 0 Å². The Morgan fingerprint density at radius 3 is 1.25 bits per heavy atom. The van der Waals surface area contributed by atoms with Gasteiger partial charge in [-0.3, -0.25) is 0 Å². The molecule has 0 amide bonds. The van der Waals surface area contributed by atoms with Crippen molar-refractivity contribution in [3.05, 3.63) is 0 Å². The van der Waals surface area contributed by atoms with Crippen molar-refractivity contribution in [2.75, 3.05) is 0 Å². The molecule has 0 aliphatic carbocycles. The minimum Gasteiger partial charge on any atom is -0.496 e. The van der Waals surface area contributed by atoms with Crippen LogP contribution in [0.1, 0.15) is 0 Å². The Balaban J connectivity index is -0.000000125. The molecule has 0 fully saturated rings. The number of hydrogen-bond donors (Lipinski definition) is 3. The molecular formula is H7AlO6Si. The van der Waals surface area contributed by atoms with E-state index >= 15 is 0 Å². The molecular weight excluding hydrogens is 151 g/mol. The number of hydrogen-bond acceptors (Lipinski definition) is 4. The van der Waals surface area contributed by atoms with Crippen LogP contribution in [0.3, 0.4) is 0 Å². The third-order valence-corrected chi connectivity index (χ3v) is 1.42. The molecule has 8 heteroatoms. The van der Waals surface area contributed by atoms with Crippen LogP contribution in [0.15, 0.2) is 0 Å². The van der Waals surface area contributed by atoms with E-state index in [4.69, 9.17) is 14.4 Å². The van der Waals surface area contributed by atoms with Crippen LogP contribution in [-0.4, -0.2) is 51.0 Å². The Morgan fingerprint density at radius 2 is 1.25 bits per heavy atom. The van der Waals surface area contributed by atoms with Gasteiger partial charge in [-0.05, 0) is 0 Å². The van der Waals surface area contributed by atoms with Crippen molar-refractivity contribution >= 4 is 25.7 Å². The van der Waals surface area contributed by atoms with E-state index in [0.717, 1.165) is 0 Å².